The second-order valence-electron chi connectivity index (χ2n) is 5.39. The van der Waals surface area contributed by atoms with E-state index >= 15 is 0 Å². The van der Waals surface area contributed by atoms with Crippen LogP contribution in [-0.2, 0) is 0 Å². The Morgan fingerprint density at radius 1 is 1.40 bits per heavy atom. The predicted molar refractivity (Wildman–Crippen MR) is 83.6 cm³/mol. The van der Waals surface area contributed by atoms with Gasteiger partial charge in [0.15, 0.2) is 0 Å². The summed E-state index contributed by atoms with van der Waals surface area (Å²) < 4.78 is 0. The molecule has 20 heavy (non-hydrogen) atoms. The number of hydrogen-bond donors (Lipinski definition) is 1. The van der Waals surface area contributed by atoms with E-state index in [-0.39, 0.29) is 5.91 Å². The summed E-state index contributed by atoms with van der Waals surface area (Å²) in [6, 6.07) is 5.68. The van der Waals surface area contributed by atoms with Crippen molar-refractivity contribution in [3.05, 3.63) is 28.8 Å². The van der Waals surface area contributed by atoms with Crippen LogP contribution < -0.4 is 5.32 Å². The maximum Gasteiger partial charge on any atom is 0.255 e. The molecule has 1 aromatic rings. The molecule has 1 aromatic carbocycles. The molecule has 5 heteroatoms. The van der Waals surface area contributed by atoms with Crippen molar-refractivity contribution in [3.8, 4) is 0 Å². The molecule has 1 aliphatic heterocycles. The number of carbonyl (C=O) groups excluding carboxylic acids is 1. The van der Waals surface area contributed by atoms with Gasteiger partial charge in [-0.2, -0.15) is 0 Å². The first-order valence-corrected chi connectivity index (χ1v) is 7.33. The van der Waals surface area contributed by atoms with Crippen LogP contribution in [0.3, 0.4) is 0 Å². The third-order valence-electron chi connectivity index (χ3n) is 4.04. The molecule has 0 bridgehead atoms. The van der Waals surface area contributed by atoms with Gasteiger partial charge in [0.05, 0.1) is 5.56 Å². The number of hydrogen-bond acceptors (Lipinski definition) is 3. The van der Waals surface area contributed by atoms with Crippen molar-refractivity contribution in [3.63, 3.8) is 0 Å². The second kappa shape index (κ2) is 6.46. The van der Waals surface area contributed by atoms with Crippen molar-refractivity contribution < 1.29 is 4.79 Å². The highest BCUT2D eigenvalue weighted by atomic mass is 35.5. The zero-order chi connectivity index (χ0) is 14.7. The Bertz CT molecular complexity index is 484. The smallest absolute Gasteiger partial charge is 0.255 e. The summed E-state index contributed by atoms with van der Waals surface area (Å²) in [5.74, 6) is 0.0337. The minimum Gasteiger partial charge on any atom is -0.387 e. The number of likely N-dealkylation sites (tertiary alicyclic amines) is 1. The monoisotopic (exact) mass is 295 g/mol. The molecule has 1 fully saturated rings. The third-order valence-corrected chi connectivity index (χ3v) is 4.27. The average Bonchev–Trinajstić information content (AvgIpc) is 2.46. The lowest BCUT2D eigenvalue weighted by Crippen LogP contribution is -2.44. The van der Waals surface area contributed by atoms with E-state index in [1.165, 1.54) is 0 Å². The van der Waals surface area contributed by atoms with Crippen LogP contribution in [0, 0.1) is 0 Å². The first-order chi connectivity index (χ1) is 9.52. The van der Waals surface area contributed by atoms with E-state index in [9.17, 15) is 4.79 Å². The molecule has 1 N–H and O–H groups in total. The first kappa shape index (κ1) is 15.1. The minimum atomic E-state index is 0.0337. The van der Waals surface area contributed by atoms with Gasteiger partial charge in [-0.15, -0.1) is 0 Å². The topological polar surface area (TPSA) is 35.6 Å². The first-order valence-electron chi connectivity index (χ1n) is 6.96. The molecule has 110 valence electrons. The van der Waals surface area contributed by atoms with E-state index in [1.807, 2.05) is 25.1 Å². The Morgan fingerprint density at radius 2 is 2.05 bits per heavy atom. The number of halogens is 1. The molecule has 2 rings (SSSR count). The van der Waals surface area contributed by atoms with Gasteiger partial charge in [-0.05, 0) is 51.2 Å². The van der Waals surface area contributed by atoms with E-state index in [1.54, 1.807) is 12.1 Å². The fourth-order valence-corrected chi connectivity index (χ4v) is 2.82. The van der Waals surface area contributed by atoms with E-state index in [4.69, 9.17) is 11.6 Å². The van der Waals surface area contributed by atoms with Crippen LogP contribution in [0.5, 0.6) is 0 Å². The lowest BCUT2D eigenvalue weighted by atomic mass is 10.0. The highest BCUT2D eigenvalue weighted by molar-refractivity contribution is 6.31. The molecule has 0 saturated carbocycles. The highest BCUT2D eigenvalue weighted by Gasteiger charge is 2.25. The van der Waals surface area contributed by atoms with Crippen LogP contribution in [0.1, 0.15) is 23.2 Å². The Hall–Kier alpha value is -1.26. The maximum atomic E-state index is 12.7. The molecule has 0 unspecified atom stereocenters. The van der Waals surface area contributed by atoms with Gasteiger partial charge >= 0.3 is 0 Å². The molecule has 1 aliphatic rings. The lowest BCUT2D eigenvalue weighted by molar-refractivity contribution is 0.0660. The summed E-state index contributed by atoms with van der Waals surface area (Å²) in [5.41, 5.74) is 1.46. The van der Waals surface area contributed by atoms with Gasteiger partial charge in [-0.3, -0.25) is 4.79 Å². The van der Waals surface area contributed by atoms with E-state index in [0.717, 1.165) is 31.6 Å². The molecule has 1 heterocycles. The van der Waals surface area contributed by atoms with E-state index in [2.05, 4.69) is 17.3 Å². The van der Waals surface area contributed by atoms with Crippen molar-refractivity contribution in [2.24, 2.45) is 0 Å². The molecule has 0 spiro atoms. The van der Waals surface area contributed by atoms with Crippen molar-refractivity contribution in [1.82, 2.24) is 9.80 Å². The maximum absolute atomic E-state index is 12.7. The Kier molecular flexibility index (Phi) is 4.89. The summed E-state index contributed by atoms with van der Waals surface area (Å²) in [6.45, 7) is 2.08. The van der Waals surface area contributed by atoms with Crippen molar-refractivity contribution in [2.75, 3.05) is 39.5 Å². The number of nitrogens with zero attached hydrogens (tertiary/aromatic N) is 2. The number of piperidine rings is 1. The fourth-order valence-electron chi connectivity index (χ4n) is 2.65. The predicted octanol–water partition coefficient (Wildman–Crippen LogP) is 2.55. The average molecular weight is 296 g/mol. The van der Waals surface area contributed by atoms with Gasteiger partial charge in [-0.1, -0.05) is 11.6 Å². The standard InChI is InChI=1S/C15H22ClN3O/c1-17-14-5-4-11(16)10-13(14)15(20)19(3)12-6-8-18(2)9-7-12/h4-5,10,12,17H,6-9H2,1-3H3. The highest BCUT2D eigenvalue weighted by Crippen LogP contribution is 2.24. The van der Waals surface area contributed by atoms with Crippen LogP contribution in [-0.4, -0.2) is 56.0 Å². The van der Waals surface area contributed by atoms with Gasteiger partial charge in [0.25, 0.3) is 5.91 Å². The summed E-state index contributed by atoms with van der Waals surface area (Å²) in [7, 11) is 5.82. The summed E-state index contributed by atoms with van der Waals surface area (Å²) in [4.78, 5) is 16.8. The molecule has 0 aromatic heterocycles. The molecule has 1 amide bonds. The molecular weight excluding hydrogens is 274 g/mol. The second-order valence-corrected chi connectivity index (χ2v) is 5.83. The van der Waals surface area contributed by atoms with Gasteiger partial charge in [-0.25, -0.2) is 0 Å². The van der Waals surface area contributed by atoms with Crippen LogP contribution in [0.2, 0.25) is 5.02 Å². The van der Waals surface area contributed by atoms with Gasteiger partial charge in [0.2, 0.25) is 0 Å². The third kappa shape index (κ3) is 3.25. The molecule has 4 nitrogen and oxygen atoms in total. The molecule has 0 radical (unpaired) electrons. The van der Waals surface area contributed by atoms with Crippen LogP contribution in [0.25, 0.3) is 0 Å². The number of amides is 1. The summed E-state index contributed by atoms with van der Waals surface area (Å²) >= 11 is 6.02. The van der Waals surface area contributed by atoms with Crippen LogP contribution >= 0.6 is 11.6 Å². The van der Waals surface area contributed by atoms with E-state index in [0.29, 0.717) is 16.6 Å². The van der Waals surface area contributed by atoms with Gasteiger partial charge in [0.1, 0.15) is 0 Å². The number of rotatable bonds is 3. The Morgan fingerprint density at radius 3 is 2.65 bits per heavy atom. The normalized spacial score (nSPS) is 17.0. The molecular formula is C15H22ClN3O. The van der Waals surface area contributed by atoms with Crippen LogP contribution in [0.4, 0.5) is 5.69 Å². The molecule has 0 atom stereocenters. The number of carbonyl (C=O) groups is 1. The van der Waals surface area contributed by atoms with Gasteiger partial charge in [0, 0.05) is 30.8 Å². The van der Waals surface area contributed by atoms with Crippen molar-refractivity contribution in [1.29, 1.82) is 0 Å². The minimum absolute atomic E-state index is 0.0337. The zero-order valence-electron chi connectivity index (χ0n) is 12.3. The Labute approximate surface area is 125 Å². The number of nitrogens with one attached hydrogen (secondary N) is 1. The lowest BCUT2D eigenvalue weighted by Gasteiger charge is -2.35. The Balaban J connectivity index is 2.16. The van der Waals surface area contributed by atoms with E-state index < -0.39 is 0 Å². The zero-order valence-corrected chi connectivity index (χ0v) is 13.1. The number of benzene rings is 1. The molecule has 0 aliphatic carbocycles. The largest absolute Gasteiger partial charge is 0.387 e. The van der Waals surface area contributed by atoms with Crippen molar-refractivity contribution >= 4 is 23.2 Å². The number of anilines is 1. The summed E-state index contributed by atoms with van der Waals surface area (Å²) in [5, 5.41) is 3.64. The van der Waals surface area contributed by atoms with Crippen molar-refractivity contribution in [2.45, 2.75) is 18.9 Å². The van der Waals surface area contributed by atoms with Crippen LogP contribution in [0.15, 0.2) is 18.2 Å². The molecule has 1 saturated heterocycles. The van der Waals surface area contributed by atoms with Gasteiger partial charge < -0.3 is 15.1 Å². The SMILES string of the molecule is CNc1ccc(Cl)cc1C(=O)N(C)C1CCN(C)CC1. The summed E-state index contributed by atoms with van der Waals surface area (Å²) in [6.07, 6.45) is 2.04. The fraction of sp³-hybridized carbons (Fsp3) is 0.533. The quantitative estimate of drug-likeness (QED) is 0.931.